The predicted octanol–water partition coefficient (Wildman–Crippen LogP) is 1.25. The minimum absolute atomic E-state index is 0.454. The third-order valence-corrected chi connectivity index (χ3v) is 3.28. The molecule has 1 aromatic rings. The van der Waals surface area contributed by atoms with Crippen LogP contribution in [0.1, 0.15) is 25.5 Å². The van der Waals surface area contributed by atoms with Crippen molar-refractivity contribution in [3.8, 4) is 0 Å². The number of aliphatic hydroxyl groups is 1. The highest BCUT2D eigenvalue weighted by molar-refractivity contribution is 5.85. The van der Waals surface area contributed by atoms with E-state index in [9.17, 15) is 9.90 Å². The minimum atomic E-state index is -1.39. The first-order valence-corrected chi connectivity index (χ1v) is 6.13. The van der Waals surface area contributed by atoms with Crippen molar-refractivity contribution < 1.29 is 14.6 Å². The molecule has 1 heterocycles. The number of benzene rings is 1. The molecule has 0 fully saturated rings. The molecule has 0 bridgehead atoms. The van der Waals surface area contributed by atoms with Crippen LogP contribution < -0.4 is 5.32 Å². The van der Waals surface area contributed by atoms with Crippen LogP contribution in [0.5, 0.6) is 0 Å². The second kappa shape index (κ2) is 5.01. The third-order valence-electron chi connectivity index (χ3n) is 3.28. The molecule has 3 unspecified atom stereocenters. The Bertz CT molecular complexity index is 497. The molecule has 5 nitrogen and oxygen atoms in total. The molecule has 19 heavy (non-hydrogen) atoms. The summed E-state index contributed by atoms with van der Waals surface area (Å²) >= 11 is 0. The van der Waals surface area contributed by atoms with Crippen LogP contribution in [0, 0.1) is 5.92 Å². The van der Waals surface area contributed by atoms with Crippen molar-refractivity contribution in [1.29, 1.82) is 0 Å². The minimum Gasteiger partial charge on any atom is -0.469 e. The second-order valence-electron chi connectivity index (χ2n) is 4.84. The van der Waals surface area contributed by atoms with Crippen LogP contribution in [0.2, 0.25) is 0 Å². The number of esters is 1. The van der Waals surface area contributed by atoms with E-state index in [4.69, 9.17) is 4.74 Å². The highest BCUT2D eigenvalue weighted by Crippen LogP contribution is 2.36. The van der Waals surface area contributed by atoms with Gasteiger partial charge in [0, 0.05) is 0 Å². The lowest BCUT2D eigenvalue weighted by atomic mass is 9.84. The fourth-order valence-electron chi connectivity index (χ4n) is 2.47. The van der Waals surface area contributed by atoms with Gasteiger partial charge in [-0.15, -0.1) is 0 Å². The van der Waals surface area contributed by atoms with E-state index >= 15 is 0 Å². The molecule has 102 valence electrons. The number of aliphatic imine (C=N–C) groups is 1. The average Bonchev–Trinajstić information content (AvgIpc) is 2.37. The van der Waals surface area contributed by atoms with Crippen LogP contribution >= 0.6 is 0 Å². The molecule has 1 aliphatic heterocycles. The van der Waals surface area contributed by atoms with Gasteiger partial charge in [-0.25, -0.2) is 0 Å². The van der Waals surface area contributed by atoms with E-state index in [0.717, 1.165) is 5.56 Å². The van der Waals surface area contributed by atoms with Crippen LogP contribution in [0.3, 0.4) is 0 Å². The van der Waals surface area contributed by atoms with Crippen molar-refractivity contribution in [3.63, 3.8) is 0 Å². The Labute approximate surface area is 112 Å². The van der Waals surface area contributed by atoms with E-state index in [1.54, 1.807) is 13.8 Å². The number of rotatable bonds is 2. The molecule has 0 saturated carbocycles. The van der Waals surface area contributed by atoms with Crippen LogP contribution in [0.25, 0.3) is 0 Å². The Hall–Kier alpha value is -1.88. The molecule has 0 radical (unpaired) electrons. The maximum Gasteiger partial charge on any atom is 0.316 e. The Kier molecular flexibility index (Phi) is 3.57. The highest BCUT2D eigenvalue weighted by atomic mass is 16.5. The zero-order valence-corrected chi connectivity index (χ0v) is 11.3. The molecule has 0 spiro atoms. The molecule has 0 aromatic heterocycles. The van der Waals surface area contributed by atoms with Crippen molar-refractivity contribution in [2.45, 2.75) is 25.6 Å². The van der Waals surface area contributed by atoms with Gasteiger partial charge >= 0.3 is 5.97 Å². The summed E-state index contributed by atoms with van der Waals surface area (Å²) in [6, 6.07) is 8.98. The Morgan fingerprint density at radius 1 is 1.42 bits per heavy atom. The summed E-state index contributed by atoms with van der Waals surface area (Å²) in [4.78, 5) is 16.4. The fourth-order valence-corrected chi connectivity index (χ4v) is 2.47. The number of carbonyl (C=O) groups is 1. The van der Waals surface area contributed by atoms with Crippen LogP contribution in [-0.4, -0.2) is 29.7 Å². The van der Waals surface area contributed by atoms with Gasteiger partial charge < -0.3 is 15.2 Å². The van der Waals surface area contributed by atoms with Crippen molar-refractivity contribution >= 4 is 11.8 Å². The molecule has 0 amide bonds. The standard InChI is InChI=1S/C14H18N2O3/c1-9-15-12(10-7-5-4-6-8-10)11(13(17)19-3)14(2,18)16-9/h4-8,11-12,18H,1-3H3,(H,15,16). The maximum atomic E-state index is 12.0. The lowest BCUT2D eigenvalue weighted by Gasteiger charge is -2.39. The number of hydrogen-bond donors (Lipinski definition) is 2. The number of nitrogens with zero attached hydrogens (tertiary/aromatic N) is 1. The number of carbonyl (C=O) groups excluding carboxylic acids is 1. The normalized spacial score (nSPS) is 30.2. The summed E-state index contributed by atoms with van der Waals surface area (Å²) < 4.78 is 4.80. The molecule has 3 atom stereocenters. The smallest absolute Gasteiger partial charge is 0.316 e. The quantitative estimate of drug-likeness (QED) is 0.787. The van der Waals surface area contributed by atoms with Gasteiger partial charge in [0.1, 0.15) is 11.6 Å². The monoisotopic (exact) mass is 262 g/mol. The Morgan fingerprint density at radius 2 is 2.05 bits per heavy atom. The summed E-state index contributed by atoms with van der Waals surface area (Å²) in [7, 11) is 1.31. The van der Waals surface area contributed by atoms with Gasteiger partial charge in [-0.3, -0.25) is 9.79 Å². The van der Waals surface area contributed by atoms with E-state index in [1.165, 1.54) is 7.11 Å². The molecule has 2 N–H and O–H groups in total. The molecule has 0 aliphatic carbocycles. The van der Waals surface area contributed by atoms with Crippen LogP contribution in [-0.2, 0) is 9.53 Å². The second-order valence-corrected chi connectivity index (χ2v) is 4.84. The van der Waals surface area contributed by atoms with Gasteiger partial charge in [0.05, 0.1) is 19.0 Å². The lowest BCUT2D eigenvalue weighted by Crippen LogP contribution is -2.58. The summed E-state index contributed by atoms with van der Waals surface area (Å²) in [6.07, 6.45) is 0. The van der Waals surface area contributed by atoms with Crippen LogP contribution in [0.4, 0.5) is 0 Å². The van der Waals surface area contributed by atoms with Gasteiger partial charge in [0.2, 0.25) is 0 Å². The molecule has 0 saturated heterocycles. The van der Waals surface area contributed by atoms with Crippen molar-refractivity contribution in [3.05, 3.63) is 35.9 Å². The summed E-state index contributed by atoms with van der Waals surface area (Å²) in [5, 5.41) is 13.3. The predicted molar refractivity (Wildman–Crippen MR) is 71.6 cm³/mol. The fraction of sp³-hybridized carbons (Fsp3) is 0.429. The first-order valence-electron chi connectivity index (χ1n) is 6.13. The van der Waals surface area contributed by atoms with Gasteiger partial charge in [0.15, 0.2) is 0 Å². The molecule has 1 aromatic carbocycles. The van der Waals surface area contributed by atoms with Crippen molar-refractivity contribution in [1.82, 2.24) is 5.32 Å². The zero-order chi connectivity index (χ0) is 14.0. The van der Waals surface area contributed by atoms with Gasteiger partial charge in [-0.1, -0.05) is 30.3 Å². The van der Waals surface area contributed by atoms with E-state index in [0.29, 0.717) is 5.84 Å². The van der Waals surface area contributed by atoms with Crippen LogP contribution in [0.15, 0.2) is 35.3 Å². The number of methoxy groups -OCH3 is 1. The summed E-state index contributed by atoms with van der Waals surface area (Å²) in [6.45, 7) is 3.32. The third kappa shape index (κ3) is 2.61. The number of nitrogens with one attached hydrogen (secondary N) is 1. The Balaban J connectivity index is 2.48. The number of ether oxygens (including phenoxy) is 1. The SMILES string of the molecule is COC(=O)C1C(c2ccccc2)N=C(C)NC1(C)O. The first kappa shape index (κ1) is 13.5. The molecule has 1 aliphatic rings. The number of hydrogen-bond acceptors (Lipinski definition) is 5. The lowest BCUT2D eigenvalue weighted by molar-refractivity contribution is -0.158. The summed E-state index contributed by atoms with van der Waals surface area (Å²) in [5.41, 5.74) is -0.515. The van der Waals surface area contributed by atoms with Crippen molar-refractivity contribution in [2.24, 2.45) is 10.9 Å². The van der Waals surface area contributed by atoms with Crippen molar-refractivity contribution in [2.75, 3.05) is 7.11 Å². The molecular formula is C14H18N2O3. The molecule has 5 heteroatoms. The molecule has 2 rings (SSSR count). The van der Waals surface area contributed by atoms with E-state index in [1.807, 2.05) is 30.3 Å². The van der Waals surface area contributed by atoms with E-state index in [2.05, 4.69) is 10.3 Å². The van der Waals surface area contributed by atoms with E-state index in [-0.39, 0.29) is 0 Å². The zero-order valence-electron chi connectivity index (χ0n) is 11.3. The highest BCUT2D eigenvalue weighted by Gasteiger charge is 2.47. The van der Waals surface area contributed by atoms with E-state index < -0.39 is 23.7 Å². The average molecular weight is 262 g/mol. The summed E-state index contributed by atoms with van der Waals surface area (Å²) in [5.74, 6) is -0.676. The molecular weight excluding hydrogens is 244 g/mol. The topological polar surface area (TPSA) is 70.9 Å². The van der Waals surface area contributed by atoms with Gasteiger partial charge in [0.25, 0.3) is 0 Å². The first-order chi connectivity index (χ1) is 8.95. The van der Waals surface area contributed by atoms with Gasteiger partial charge in [-0.2, -0.15) is 0 Å². The van der Waals surface area contributed by atoms with Gasteiger partial charge in [-0.05, 0) is 19.4 Å². The largest absolute Gasteiger partial charge is 0.469 e. The maximum absolute atomic E-state index is 12.0. The Morgan fingerprint density at radius 3 is 2.63 bits per heavy atom. The number of amidine groups is 1.